The van der Waals surface area contributed by atoms with E-state index in [1.54, 1.807) is 24.3 Å². The van der Waals surface area contributed by atoms with Crippen molar-refractivity contribution in [2.75, 3.05) is 13.1 Å². The largest absolute Gasteiger partial charge is 0.481 e. The van der Waals surface area contributed by atoms with E-state index in [9.17, 15) is 14.4 Å². The average molecular weight is 327 g/mol. The molecule has 6 nitrogen and oxygen atoms in total. The molecule has 3 N–H and O–H groups in total. The Labute approximate surface area is 133 Å². The van der Waals surface area contributed by atoms with E-state index in [-0.39, 0.29) is 24.7 Å². The molecule has 0 unspecified atom stereocenters. The minimum atomic E-state index is -0.859. The van der Waals surface area contributed by atoms with Gasteiger partial charge in [0.15, 0.2) is 0 Å². The molecule has 1 aromatic rings. The van der Waals surface area contributed by atoms with Crippen LogP contribution in [-0.2, 0) is 9.59 Å². The Morgan fingerprint density at radius 3 is 2.32 bits per heavy atom. The van der Waals surface area contributed by atoms with E-state index in [1.807, 2.05) is 0 Å². The van der Waals surface area contributed by atoms with Crippen molar-refractivity contribution in [2.24, 2.45) is 0 Å². The van der Waals surface area contributed by atoms with Gasteiger partial charge in [0.05, 0.1) is 10.6 Å². The van der Waals surface area contributed by atoms with Crippen LogP contribution in [0.3, 0.4) is 0 Å². The predicted molar refractivity (Wildman–Crippen MR) is 82.9 cm³/mol. The van der Waals surface area contributed by atoms with Crippen LogP contribution < -0.4 is 10.6 Å². The molecule has 0 aliphatic rings. The Balaban J connectivity index is 2.14. The summed E-state index contributed by atoms with van der Waals surface area (Å²) in [5.41, 5.74) is 0.393. The number of benzene rings is 1. The summed E-state index contributed by atoms with van der Waals surface area (Å²) in [5.74, 6) is -1.30. The van der Waals surface area contributed by atoms with E-state index in [0.717, 1.165) is 0 Å². The summed E-state index contributed by atoms with van der Waals surface area (Å²) in [4.78, 5) is 33.6. The lowest BCUT2D eigenvalue weighted by Crippen LogP contribution is -2.34. The number of nitrogens with one attached hydrogen (secondary N) is 2. The number of carbonyl (C=O) groups is 3. The van der Waals surface area contributed by atoms with E-state index in [0.29, 0.717) is 36.5 Å². The first-order valence-electron chi connectivity index (χ1n) is 7.02. The molecule has 0 fully saturated rings. The number of amides is 2. The molecule has 0 bridgehead atoms. The maximum absolute atomic E-state index is 11.8. The van der Waals surface area contributed by atoms with Crippen molar-refractivity contribution in [3.8, 4) is 0 Å². The molecular weight excluding hydrogens is 308 g/mol. The summed E-state index contributed by atoms with van der Waals surface area (Å²) in [6.45, 7) is 0.610. The maximum atomic E-state index is 11.8. The first-order chi connectivity index (χ1) is 10.5. The van der Waals surface area contributed by atoms with E-state index >= 15 is 0 Å². The van der Waals surface area contributed by atoms with Crippen LogP contribution in [0.4, 0.5) is 0 Å². The molecular formula is C15H19ClN2O4. The lowest BCUT2D eigenvalue weighted by atomic mass is 10.2. The normalized spacial score (nSPS) is 10.0. The molecule has 0 aromatic heterocycles. The van der Waals surface area contributed by atoms with Gasteiger partial charge in [-0.1, -0.05) is 23.7 Å². The lowest BCUT2D eigenvalue weighted by Gasteiger charge is -2.08. The lowest BCUT2D eigenvalue weighted by molar-refractivity contribution is -0.137. The van der Waals surface area contributed by atoms with Crippen LogP contribution in [0, 0.1) is 0 Å². The van der Waals surface area contributed by atoms with Crippen molar-refractivity contribution in [1.82, 2.24) is 10.6 Å². The molecule has 7 heteroatoms. The number of halogens is 1. The van der Waals surface area contributed by atoms with Crippen molar-refractivity contribution in [3.05, 3.63) is 34.9 Å². The molecule has 0 atom stereocenters. The van der Waals surface area contributed by atoms with Crippen LogP contribution in [-0.4, -0.2) is 36.0 Å². The molecule has 0 aliphatic heterocycles. The molecule has 1 aromatic carbocycles. The second-order valence-corrected chi connectivity index (χ2v) is 5.09. The fourth-order valence-electron chi connectivity index (χ4n) is 1.77. The zero-order chi connectivity index (χ0) is 16.4. The highest BCUT2D eigenvalue weighted by Gasteiger charge is 2.08. The summed E-state index contributed by atoms with van der Waals surface area (Å²) in [5, 5.41) is 14.2. The molecule has 0 aliphatic carbocycles. The number of unbranched alkanes of at least 4 members (excludes halogenated alkanes) is 1. The number of hydrogen-bond acceptors (Lipinski definition) is 3. The van der Waals surface area contributed by atoms with Gasteiger partial charge in [0.25, 0.3) is 5.91 Å². The number of rotatable bonds is 9. The Morgan fingerprint density at radius 2 is 1.64 bits per heavy atom. The van der Waals surface area contributed by atoms with Crippen LogP contribution in [0.15, 0.2) is 24.3 Å². The highest BCUT2D eigenvalue weighted by atomic mass is 35.5. The van der Waals surface area contributed by atoms with Gasteiger partial charge in [-0.2, -0.15) is 0 Å². The summed E-state index contributed by atoms with van der Waals surface area (Å²) in [6.07, 6.45) is 1.36. The fraction of sp³-hybridized carbons (Fsp3) is 0.400. The number of carbonyl (C=O) groups excluding carboxylic acids is 2. The van der Waals surface area contributed by atoms with Crippen LogP contribution in [0.1, 0.15) is 36.0 Å². The summed E-state index contributed by atoms with van der Waals surface area (Å²) in [7, 11) is 0. The monoisotopic (exact) mass is 326 g/mol. The smallest absolute Gasteiger partial charge is 0.303 e. The van der Waals surface area contributed by atoms with Crippen molar-refractivity contribution in [1.29, 1.82) is 0 Å². The summed E-state index contributed by atoms with van der Waals surface area (Å²) < 4.78 is 0. The molecule has 22 heavy (non-hydrogen) atoms. The van der Waals surface area contributed by atoms with Crippen molar-refractivity contribution in [3.63, 3.8) is 0 Å². The van der Waals surface area contributed by atoms with E-state index in [4.69, 9.17) is 16.7 Å². The van der Waals surface area contributed by atoms with E-state index < -0.39 is 5.97 Å². The number of carboxylic acid groups (broad SMARTS) is 1. The Kier molecular flexibility index (Phi) is 7.99. The molecule has 0 radical (unpaired) electrons. The molecule has 0 saturated heterocycles. The van der Waals surface area contributed by atoms with Gasteiger partial charge in [-0.05, 0) is 25.0 Å². The molecule has 120 valence electrons. The standard InChI is InChI=1S/C15H19ClN2O4/c16-12-6-2-1-5-11(12)15(22)18-10-9-17-13(19)7-3-4-8-14(20)21/h1-2,5-6H,3-4,7-10H2,(H,17,19)(H,18,22)(H,20,21). The third-order valence-electron chi connectivity index (χ3n) is 2.90. The van der Waals surface area contributed by atoms with Gasteiger partial charge in [-0.25, -0.2) is 0 Å². The number of hydrogen-bond donors (Lipinski definition) is 3. The van der Waals surface area contributed by atoms with Gasteiger partial charge in [-0.15, -0.1) is 0 Å². The minimum absolute atomic E-state index is 0.0706. The van der Waals surface area contributed by atoms with Crippen LogP contribution in [0.2, 0.25) is 5.02 Å². The molecule has 0 heterocycles. The average Bonchev–Trinajstić information content (AvgIpc) is 2.48. The third kappa shape index (κ3) is 7.08. The van der Waals surface area contributed by atoms with Crippen molar-refractivity contribution >= 4 is 29.4 Å². The highest BCUT2D eigenvalue weighted by Crippen LogP contribution is 2.14. The fourth-order valence-corrected chi connectivity index (χ4v) is 1.99. The SMILES string of the molecule is O=C(O)CCCCC(=O)NCCNC(=O)c1ccccc1Cl. The number of aliphatic carboxylic acids is 1. The molecule has 2 amide bonds. The third-order valence-corrected chi connectivity index (χ3v) is 3.23. The van der Waals surface area contributed by atoms with Gasteiger partial charge < -0.3 is 15.7 Å². The quantitative estimate of drug-likeness (QED) is 0.603. The van der Waals surface area contributed by atoms with Crippen LogP contribution in [0.25, 0.3) is 0 Å². The highest BCUT2D eigenvalue weighted by molar-refractivity contribution is 6.33. The van der Waals surface area contributed by atoms with E-state index in [1.165, 1.54) is 0 Å². The predicted octanol–water partition coefficient (Wildman–Crippen LogP) is 1.83. The van der Waals surface area contributed by atoms with Crippen LogP contribution in [0.5, 0.6) is 0 Å². The van der Waals surface area contributed by atoms with Gasteiger partial charge in [-0.3, -0.25) is 14.4 Å². The van der Waals surface area contributed by atoms with Gasteiger partial charge in [0.1, 0.15) is 0 Å². The zero-order valence-corrected chi connectivity index (χ0v) is 12.9. The Morgan fingerprint density at radius 1 is 1.00 bits per heavy atom. The molecule has 0 saturated carbocycles. The van der Waals surface area contributed by atoms with Gasteiger partial charge in [0.2, 0.25) is 5.91 Å². The summed E-state index contributed by atoms with van der Waals surface area (Å²) >= 11 is 5.90. The second-order valence-electron chi connectivity index (χ2n) is 4.69. The first kappa shape index (κ1) is 18.0. The second kappa shape index (κ2) is 9.78. The maximum Gasteiger partial charge on any atom is 0.303 e. The van der Waals surface area contributed by atoms with Gasteiger partial charge >= 0.3 is 5.97 Å². The Bertz CT molecular complexity index is 534. The summed E-state index contributed by atoms with van der Waals surface area (Å²) in [6, 6.07) is 6.72. The van der Waals surface area contributed by atoms with Crippen molar-refractivity contribution < 1.29 is 19.5 Å². The zero-order valence-electron chi connectivity index (χ0n) is 12.1. The Hall–Kier alpha value is -2.08. The first-order valence-corrected chi connectivity index (χ1v) is 7.39. The topological polar surface area (TPSA) is 95.5 Å². The molecule has 1 rings (SSSR count). The number of carboxylic acids is 1. The molecule has 0 spiro atoms. The van der Waals surface area contributed by atoms with Crippen molar-refractivity contribution in [2.45, 2.75) is 25.7 Å². The van der Waals surface area contributed by atoms with E-state index in [2.05, 4.69) is 10.6 Å². The van der Waals surface area contributed by atoms with Crippen LogP contribution >= 0.6 is 11.6 Å². The van der Waals surface area contributed by atoms with Gasteiger partial charge in [0, 0.05) is 25.9 Å². The minimum Gasteiger partial charge on any atom is -0.481 e.